The molecule has 1 rings (SSSR count). The fraction of sp³-hybridized carbons (Fsp3) is 0.500. The third kappa shape index (κ3) is 2.59. The SMILES string of the molecule is Cc1cc(C(F)F)nc(C(C)Cl)n1. The van der Waals surface area contributed by atoms with Gasteiger partial charge in [0.15, 0.2) is 0 Å². The van der Waals surface area contributed by atoms with E-state index in [1.54, 1.807) is 13.8 Å². The van der Waals surface area contributed by atoms with Crippen LogP contribution in [-0.2, 0) is 0 Å². The Balaban J connectivity index is 3.11. The number of hydrogen-bond acceptors (Lipinski definition) is 2. The van der Waals surface area contributed by atoms with E-state index in [1.807, 2.05) is 0 Å². The number of aromatic nitrogens is 2. The van der Waals surface area contributed by atoms with Gasteiger partial charge in [-0.25, -0.2) is 18.7 Å². The Labute approximate surface area is 80.0 Å². The van der Waals surface area contributed by atoms with Crippen molar-refractivity contribution >= 4 is 11.6 Å². The lowest BCUT2D eigenvalue weighted by atomic mass is 10.3. The molecule has 1 unspecified atom stereocenters. The predicted octanol–water partition coefficient (Wildman–Crippen LogP) is 3.02. The molecule has 2 nitrogen and oxygen atoms in total. The quantitative estimate of drug-likeness (QED) is 0.696. The van der Waals surface area contributed by atoms with Crippen LogP contribution >= 0.6 is 11.6 Å². The molecule has 0 saturated carbocycles. The minimum absolute atomic E-state index is 0.247. The smallest absolute Gasteiger partial charge is 0.237 e. The van der Waals surface area contributed by atoms with Gasteiger partial charge in [0, 0.05) is 5.69 Å². The molecule has 0 aliphatic heterocycles. The van der Waals surface area contributed by atoms with Gasteiger partial charge in [0.25, 0.3) is 6.43 Å². The third-order valence-corrected chi connectivity index (χ3v) is 1.67. The minimum atomic E-state index is -2.57. The molecule has 0 spiro atoms. The Morgan fingerprint density at radius 1 is 1.38 bits per heavy atom. The highest BCUT2D eigenvalue weighted by molar-refractivity contribution is 6.20. The topological polar surface area (TPSA) is 25.8 Å². The first kappa shape index (κ1) is 10.3. The van der Waals surface area contributed by atoms with Gasteiger partial charge in [-0.2, -0.15) is 0 Å². The van der Waals surface area contributed by atoms with Crippen LogP contribution in [-0.4, -0.2) is 9.97 Å². The summed E-state index contributed by atoms with van der Waals surface area (Å²) in [5.41, 5.74) is 0.239. The molecule has 0 amide bonds. The van der Waals surface area contributed by atoms with Crippen LogP contribution in [0.1, 0.15) is 35.9 Å². The zero-order valence-corrected chi connectivity index (χ0v) is 8.02. The van der Waals surface area contributed by atoms with Gasteiger partial charge in [-0.15, -0.1) is 11.6 Å². The molecule has 0 saturated heterocycles. The number of halogens is 3. The van der Waals surface area contributed by atoms with Crippen LogP contribution in [0.3, 0.4) is 0 Å². The van der Waals surface area contributed by atoms with Crippen LogP contribution in [0.15, 0.2) is 6.07 Å². The van der Waals surface area contributed by atoms with Crippen molar-refractivity contribution < 1.29 is 8.78 Å². The number of nitrogens with zero attached hydrogens (tertiary/aromatic N) is 2. The van der Waals surface area contributed by atoms with E-state index >= 15 is 0 Å². The van der Waals surface area contributed by atoms with Crippen molar-refractivity contribution in [2.45, 2.75) is 25.7 Å². The van der Waals surface area contributed by atoms with Crippen LogP contribution in [0.4, 0.5) is 8.78 Å². The zero-order chi connectivity index (χ0) is 10.0. The molecule has 1 aromatic heterocycles. The van der Waals surface area contributed by atoms with Crippen LogP contribution in [0.2, 0.25) is 0 Å². The van der Waals surface area contributed by atoms with Crippen molar-refractivity contribution in [2.24, 2.45) is 0 Å². The van der Waals surface area contributed by atoms with E-state index in [4.69, 9.17) is 11.6 Å². The maximum atomic E-state index is 12.3. The molecular weight excluding hydrogens is 198 g/mol. The normalized spacial score (nSPS) is 13.4. The van der Waals surface area contributed by atoms with Crippen LogP contribution in [0, 0.1) is 6.92 Å². The van der Waals surface area contributed by atoms with Gasteiger partial charge in [0.2, 0.25) is 0 Å². The molecule has 0 radical (unpaired) electrons. The highest BCUT2D eigenvalue weighted by atomic mass is 35.5. The molecule has 0 bridgehead atoms. The molecule has 1 atom stereocenters. The second-order valence-corrected chi connectivity index (χ2v) is 3.36. The van der Waals surface area contributed by atoms with E-state index in [0.717, 1.165) is 0 Å². The average molecular weight is 207 g/mol. The van der Waals surface area contributed by atoms with Gasteiger partial charge in [-0.05, 0) is 19.9 Å². The summed E-state index contributed by atoms with van der Waals surface area (Å²) in [4.78, 5) is 7.58. The van der Waals surface area contributed by atoms with Crippen molar-refractivity contribution in [3.63, 3.8) is 0 Å². The fourth-order valence-corrected chi connectivity index (χ4v) is 1.00. The Bertz CT molecular complexity index is 276. The molecule has 0 aliphatic rings. The first-order valence-corrected chi connectivity index (χ1v) is 4.22. The van der Waals surface area contributed by atoms with Gasteiger partial charge in [0.05, 0.1) is 5.38 Å². The summed E-state index contributed by atoms with van der Waals surface area (Å²) in [5, 5.41) is -0.447. The minimum Gasteiger partial charge on any atom is -0.237 e. The molecule has 13 heavy (non-hydrogen) atoms. The summed E-state index contributed by atoms with van der Waals surface area (Å²) in [6, 6.07) is 1.26. The van der Waals surface area contributed by atoms with Crippen molar-refractivity contribution in [1.29, 1.82) is 0 Å². The maximum absolute atomic E-state index is 12.3. The molecule has 1 aromatic rings. The lowest BCUT2D eigenvalue weighted by molar-refractivity contribution is 0.145. The van der Waals surface area contributed by atoms with E-state index in [-0.39, 0.29) is 11.5 Å². The second-order valence-electron chi connectivity index (χ2n) is 2.71. The molecule has 0 fully saturated rings. The number of rotatable bonds is 2. The largest absolute Gasteiger partial charge is 0.280 e. The van der Waals surface area contributed by atoms with Gasteiger partial charge < -0.3 is 0 Å². The first-order valence-electron chi connectivity index (χ1n) is 3.78. The molecular formula is C8H9ClF2N2. The van der Waals surface area contributed by atoms with E-state index in [0.29, 0.717) is 5.69 Å². The van der Waals surface area contributed by atoms with Crippen molar-refractivity contribution in [3.05, 3.63) is 23.3 Å². The summed E-state index contributed by atoms with van der Waals surface area (Å²) in [6.07, 6.45) is -2.57. The van der Waals surface area contributed by atoms with Crippen LogP contribution < -0.4 is 0 Å². The summed E-state index contributed by atoms with van der Waals surface area (Å²) in [7, 11) is 0. The predicted molar refractivity (Wildman–Crippen MR) is 46.0 cm³/mol. The maximum Gasteiger partial charge on any atom is 0.280 e. The van der Waals surface area contributed by atoms with Crippen molar-refractivity contribution in [1.82, 2.24) is 9.97 Å². The van der Waals surface area contributed by atoms with Crippen LogP contribution in [0.5, 0.6) is 0 Å². The lowest BCUT2D eigenvalue weighted by Gasteiger charge is -2.05. The molecule has 72 valence electrons. The van der Waals surface area contributed by atoms with Crippen molar-refractivity contribution in [3.8, 4) is 0 Å². The summed E-state index contributed by atoms with van der Waals surface area (Å²) >= 11 is 5.68. The molecule has 1 heterocycles. The molecule has 0 aliphatic carbocycles. The number of hydrogen-bond donors (Lipinski definition) is 0. The van der Waals surface area contributed by atoms with E-state index in [1.165, 1.54) is 6.07 Å². The molecule has 0 aromatic carbocycles. The average Bonchev–Trinajstić information content (AvgIpc) is 2.03. The Morgan fingerprint density at radius 3 is 2.46 bits per heavy atom. The highest BCUT2D eigenvalue weighted by Gasteiger charge is 2.13. The number of alkyl halides is 3. The standard InChI is InChI=1S/C8H9ClF2N2/c1-4-3-6(7(10)11)13-8(12-4)5(2)9/h3,5,7H,1-2H3. The van der Waals surface area contributed by atoms with Crippen molar-refractivity contribution in [2.75, 3.05) is 0 Å². The summed E-state index contributed by atoms with van der Waals surface area (Å²) in [5.74, 6) is 0.247. The second kappa shape index (κ2) is 3.96. The van der Waals surface area contributed by atoms with Crippen LogP contribution in [0.25, 0.3) is 0 Å². The highest BCUT2D eigenvalue weighted by Crippen LogP contribution is 2.21. The van der Waals surface area contributed by atoms with E-state index in [9.17, 15) is 8.78 Å². The Hall–Kier alpha value is -0.770. The van der Waals surface area contributed by atoms with Gasteiger partial charge >= 0.3 is 0 Å². The summed E-state index contributed by atoms with van der Waals surface area (Å²) in [6.45, 7) is 3.28. The fourth-order valence-electron chi connectivity index (χ4n) is 0.906. The summed E-state index contributed by atoms with van der Waals surface area (Å²) < 4.78 is 24.5. The first-order chi connectivity index (χ1) is 6.00. The lowest BCUT2D eigenvalue weighted by Crippen LogP contribution is -2.02. The molecule has 5 heteroatoms. The zero-order valence-electron chi connectivity index (χ0n) is 7.26. The Morgan fingerprint density at radius 2 is 2.00 bits per heavy atom. The van der Waals surface area contributed by atoms with E-state index in [2.05, 4.69) is 9.97 Å². The third-order valence-electron chi connectivity index (χ3n) is 1.47. The van der Waals surface area contributed by atoms with Gasteiger partial charge in [-0.3, -0.25) is 0 Å². The van der Waals surface area contributed by atoms with Gasteiger partial charge in [-0.1, -0.05) is 0 Å². The Kier molecular flexibility index (Phi) is 3.14. The van der Waals surface area contributed by atoms with E-state index < -0.39 is 11.8 Å². The van der Waals surface area contributed by atoms with Gasteiger partial charge in [0.1, 0.15) is 11.5 Å². The molecule has 0 N–H and O–H groups in total. The monoisotopic (exact) mass is 206 g/mol. The number of aryl methyl sites for hydroxylation is 1.